The number of aliphatic carboxylic acids is 1. The Morgan fingerprint density at radius 2 is 1.56 bits per heavy atom. The van der Waals surface area contributed by atoms with Crippen LogP contribution in [0.3, 0.4) is 0 Å². The molecular formula is C19H30FN2O3-. The van der Waals surface area contributed by atoms with Gasteiger partial charge in [-0.3, -0.25) is 0 Å². The molecule has 0 heterocycles. The first-order chi connectivity index (χ1) is 12.0. The molecule has 0 aromatic heterocycles. The van der Waals surface area contributed by atoms with Gasteiger partial charge in [-0.1, -0.05) is 19.3 Å². The molecule has 4 fully saturated rings. The van der Waals surface area contributed by atoms with E-state index in [4.69, 9.17) is 0 Å². The normalized spacial score (nSPS) is 33.9. The number of alkyl halides is 1. The highest BCUT2D eigenvalue weighted by Crippen LogP contribution is 2.55. The van der Waals surface area contributed by atoms with E-state index < -0.39 is 12.1 Å². The van der Waals surface area contributed by atoms with Crippen LogP contribution in [0.5, 0.6) is 0 Å². The van der Waals surface area contributed by atoms with Gasteiger partial charge in [-0.2, -0.15) is 0 Å². The average molecular weight is 353 g/mol. The van der Waals surface area contributed by atoms with Crippen molar-refractivity contribution in [2.24, 2.45) is 17.8 Å². The third kappa shape index (κ3) is 4.85. The number of carbonyl (C=O) groups excluding carboxylic acids is 2. The third-order valence-electron chi connectivity index (χ3n) is 6.34. The van der Waals surface area contributed by atoms with Gasteiger partial charge < -0.3 is 20.5 Å². The van der Waals surface area contributed by atoms with E-state index in [-0.39, 0.29) is 18.0 Å². The number of hydrogen-bond acceptors (Lipinski definition) is 3. The van der Waals surface area contributed by atoms with E-state index in [0.29, 0.717) is 13.0 Å². The molecule has 4 saturated carbocycles. The number of amides is 2. The van der Waals surface area contributed by atoms with Crippen LogP contribution < -0.4 is 15.7 Å². The highest BCUT2D eigenvalue weighted by Gasteiger charge is 2.51. The molecule has 0 aliphatic heterocycles. The Morgan fingerprint density at radius 1 is 1.00 bits per heavy atom. The van der Waals surface area contributed by atoms with Gasteiger partial charge in [0.05, 0.1) is 5.97 Å². The van der Waals surface area contributed by atoms with Gasteiger partial charge in [-0.25, -0.2) is 9.18 Å². The minimum atomic E-state index is -1.86. The number of nitrogens with one attached hydrogen (secondary N) is 2. The standard InChI is InChI=1S/C19H31FN2O3/c20-16(17(23)24)5-3-1-2-4-6-21-18(25)22-19-10-13-7-14(11-19)9-15(8-13)12-19/h13-16H,1-12H2,(H,23,24)(H2,21,22,25)/p-1. The lowest BCUT2D eigenvalue weighted by Gasteiger charge is -2.56. The van der Waals surface area contributed by atoms with Gasteiger partial charge in [-0.05, 0) is 69.1 Å². The number of rotatable bonds is 9. The molecule has 4 aliphatic rings. The van der Waals surface area contributed by atoms with Crippen molar-refractivity contribution in [3.05, 3.63) is 0 Å². The summed E-state index contributed by atoms with van der Waals surface area (Å²) in [7, 11) is 0. The van der Waals surface area contributed by atoms with Crippen LogP contribution in [0.2, 0.25) is 0 Å². The second-order valence-electron chi connectivity index (χ2n) is 8.57. The predicted octanol–water partition coefficient (Wildman–Crippen LogP) is 2.29. The smallest absolute Gasteiger partial charge is 0.315 e. The fourth-order valence-corrected chi connectivity index (χ4v) is 5.67. The molecule has 6 heteroatoms. The molecule has 5 nitrogen and oxygen atoms in total. The molecule has 0 spiro atoms. The maximum absolute atomic E-state index is 12.8. The van der Waals surface area contributed by atoms with E-state index in [9.17, 15) is 19.1 Å². The molecule has 0 aromatic carbocycles. The topological polar surface area (TPSA) is 81.3 Å². The minimum Gasteiger partial charge on any atom is -0.547 e. The minimum absolute atomic E-state index is 0.0161. The number of carboxylic acids is 1. The summed E-state index contributed by atoms with van der Waals surface area (Å²) in [6.45, 7) is 0.609. The molecule has 142 valence electrons. The molecule has 4 bridgehead atoms. The zero-order valence-corrected chi connectivity index (χ0v) is 14.9. The SMILES string of the molecule is O=C(NCCCCCCC(F)C(=O)[O-])NC12CC3CC(CC(C3)C1)C2. The van der Waals surface area contributed by atoms with Gasteiger partial charge in [0.1, 0.15) is 6.17 Å². The van der Waals surface area contributed by atoms with Gasteiger partial charge >= 0.3 is 6.03 Å². The maximum Gasteiger partial charge on any atom is 0.315 e. The monoisotopic (exact) mass is 353 g/mol. The van der Waals surface area contributed by atoms with Crippen molar-refractivity contribution in [2.45, 2.75) is 82.3 Å². The second kappa shape index (κ2) is 7.92. The number of carboxylic acid groups (broad SMARTS) is 1. The Morgan fingerprint density at radius 3 is 2.12 bits per heavy atom. The zero-order chi connectivity index (χ0) is 17.9. The van der Waals surface area contributed by atoms with E-state index >= 15 is 0 Å². The zero-order valence-electron chi connectivity index (χ0n) is 14.9. The molecule has 4 aliphatic carbocycles. The van der Waals surface area contributed by atoms with E-state index in [1.54, 1.807) is 0 Å². The largest absolute Gasteiger partial charge is 0.547 e. The average Bonchev–Trinajstić information content (AvgIpc) is 2.51. The summed E-state index contributed by atoms with van der Waals surface area (Å²) in [4.78, 5) is 22.5. The molecule has 2 amide bonds. The lowest BCUT2D eigenvalue weighted by Crippen LogP contribution is -2.61. The van der Waals surface area contributed by atoms with Crippen molar-refractivity contribution < 1.29 is 19.1 Å². The molecular weight excluding hydrogens is 323 g/mol. The van der Waals surface area contributed by atoms with E-state index in [0.717, 1.165) is 56.3 Å². The quantitative estimate of drug-likeness (QED) is 0.624. The molecule has 0 aromatic rings. The summed E-state index contributed by atoms with van der Waals surface area (Å²) in [5, 5.41) is 16.5. The van der Waals surface area contributed by atoms with Crippen LogP contribution in [-0.2, 0) is 4.79 Å². The molecule has 0 saturated heterocycles. The van der Waals surface area contributed by atoms with Gasteiger partial charge in [0.25, 0.3) is 0 Å². The van der Waals surface area contributed by atoms with Crippen molar-refractivity contribution in [1.82, 2.24) is 10.6 Å². The molecule has 2 N–H and O–H groups in total. The van der Waals surface area contributed by atoms with Crippen molar-refractivity contribution in [1.29, 1.82) is 0 Å². The summed E-state index contributed by atoms with van der Waals surface area (Å²) in [6, 6.07) is -0.0530. The van der Waals surface area contributed by atoms with Crippen molar-refractivity contribution in [2.75, 3.05) is 6.54 Å². The number of urea groups is 1. The number of hydrogen-bond donors (Lipinski definition) is 2. The Labute approximate surface area is 149 Å². The van der Waals surface area contributed by atoms with Crippen molar-refractivity contribution in [3.8, 4) is 0 Å². The van der Waals surface area contributed by atoms with Gasteiger partial charge in [0.2, 0.25) is 0 Å². The summed E-state index contributed by atoms with van der Waals surface area (Å²) in [5.41, 5.74) is 0.0415. The van der Waals surface area contributed by atoms with Crippen molar-refractivity contribution in [3.63, 3.8) is 0 Å². The summed E-state index contributed by atoms with van der Waals surface area (Å²) in [5.74, 6) is 0.814. The third-order valence-corrected chi connectivity index (χ3v) is 6.34. The lowest BCUT2D eigenvalue weighted by molar-refractivity contribution is -0.312. The molecule has 25 heavy (non-hydrogen) atoms. The summed E-state index contributed by atoms with van der Waals surface area (Å²) < 4.78 is 12.8. The second-order valence-corrected chi connectivity index (χ2v) is 8.57. The van der Waals surface area contributed by atoms with Crippen LogP contribution >= 0.6 is 0 Å². The Hall–Kier alpha value is -1.33. The number of unbranched alkanes of at least 4 members (excludes halogenated alkanes) is 3. The molecule has 4 rings (SSSR count). The Kier molecular flexibility index (Phi) is 5.85. The lowest BCUT2D eigenvalue weighted by atomic mass is 9.53. The number of carbonyl (C=O) groups is 2. The highest BCUT2D eigenvalue weighted by molar-refractivity contribution is 5.74. The summed E-state index contributed by atoms with van der Waals surface area (Å²) >= 11 is 0. The van der Waals surface area contributed by atoms with E-state index in [1.165, 1.54) is 19.3 Å². The maximum atomic E-state index is 12.8. The molecule has 1 unspecified atom stereocenters. The van der Waals surface area contributed by atoms with Crippen LogP contribution in [0, 0.1) is 17.8 Å². The molecule has 0 radical (unpaired) electrons. The first-order valence-electron chi connectivity index (χ1n) is 9.87. The first-order valence-corrected chi connectivity index (χ1v) is 9.87. The first kappa shape index (κ1) is 18.5. The van der Waals surface area contributed by atoms with Gasteiger partial charge in [-0.15, -0.1) is 0 Å². The fourth-order valence-electron chi connectivity index (χ4n) is 5.67. The van der Waals surface area contributed by atoms with E-state index in [2.05, 4.69) is 10.6 Å². The van der Waals surface area contributed by atoms with Crippen LogP contribution in [0.4, 0.5) is 9.18 Å². The van der Waals surface area contributed by atoms with Crippen molar-refractivity contribution >= 4 is 12.0 Å². The Balaban J connectivity index is 1.27. The van der Waals surface area contributed by atoms with Crippen LogP contribution in [0.1, 0.15) is 70.6 Å². The van der Waals surface area contributed by atoms with Crippen LogP contribution in [0.15, 0.2) is 0 Å². The van der Waals surface area contributed by atoms with E-state index in [1.807, 2.05) is 0 Å². The van der Waals surface area contributed by atoms with Crippen LogP contribution in [-0.4, -0.2) is 30.3 Å². The predicted molar refractivity (Wildman–Crippen MR) is 90.4 cm³/mol. The number of halogens is 1. The Bertz CT molecular complexity index is 462. The fraction of sp³-hybridized carbons (Fsp3) is 0.895. The highest BCUT2D eigenvalue weighted by atomic mass is 19.1. The van der Waals surface area contributed by atoms with Crippen LogP contribution in [0.25, 0.3) is 0 Å². The van der Waals surface area contributed by atoms with Gasteiger partial charge in [0, 0.05) is 12.1 Å². The van der Waals surface area contributed by atoms with Gasteiger partial charge in [0.15, 0.2) is 0 Å². The summed E-state index contributed by atoms with van der Waals surface area (Å²) in [6.07, 6.45) is 8.68. The molecule has 1 atom stereocenters.